The van der Waals surface area contributed by atoms with Crippen molar-refractivity contribution in [3.05, 3.63) is 51.9 Å². The lowest BCUT2D eigenvalue weighted by atomic mass is 9.92. The number of aliphatic hydroxyl groups excluding tert-OH is 1. The predicted molar refractivity (Wildman–Crippen MR) is 113 cm³/mol. The zero-order valence-electron chi connectivity index (χ0n) is 17.3. The fourth-order valence-electron chi connectivity index (χ4n) is 3.73. The van der Waals surface area contributed by atoms with Crippen molar-refractivity contribution in [2.45, 2.75) is 50.7 Å². The number of halogens is 1. The molecule has 0 spiro atoms. The summed E-state index contributed by atoms with van der Waals surface area (Å²) in [5.74, 6) is -0.0129. The van der Waals surface area contributed by atoms with Crippen LogP contribution < -0.4 is 15.4 Å². The van der Waals surface area contributed by atoms with Crippen LogP contribution in [0.2, 0.25) is 5.02 Å². The number of furan rings is 1. The Morgan fingerprint density at radius 3 is 2.50 bits per heavy atom. The molecular formula is C22H27ClN2O5. The normalized spacial score (nSPS) is 19.8. The van der Waals surface area contributed by atoms with E-state index >= 15 is 0 Å². The summed E-state index contributed by atoms with van der Waals surface area (Å²) in [5, 5.41) is 15.7. The maximum Gasteiger partial charge on any atom is 0.286 e. The van der Waals surface area contributed by atoms with Gasteiger partial charge in [0.15, 0.2) is 5.76 Å². The molecule has 0 radical (unpaired) electrons. The molecule has 1 saturated carbocycles. The van der Waals surface area contributed by atoms with Crippen LogP contribution in [0.1, 0.15) is 70.8 Å². The van der Waals surface area contributed by atoms with Gasteiger partial charge in [-0.1, -0.05) is 18.5 Å². The highest BCUT2D eigenvalue weighted by Gasteiger charge is 2.28. The number of carbonyl (C=O) groups is 2. The highest BCUT2D eigenvalue weighted by Crippen LogP contribution is 2.33. The maximum absolute atomic E-state index is 13.0. The van der Waals surface area contributed by atoms with E-state index in [1.807, 2.05) is 13.0 Å². The summed E-state index contributed by atoms with van der Waals surface area (Å²) in [6.45, 7) is 1.88. The standard InChI is InChI=1S/C22H27ClN2O5/c1-12(13-8-14(23)10-17(9-13)29-3)20-18(11-19(30-20)22(28)24-2)21(27)25-15-4-6-16(26)7-5-15/h8-12,15-16,26H,4-7H2,1-3H3,(H,24,28)(H,25,27)/t12-,15?,16?/m0/s1. The topological polar surface area (TPSA) is 101 Å². The molecule has 3 N–H and O–H groups in total. The fourth-order valence-corrected chi connectivity index (χ4v) is 3.96. The fraction of sp³-hybridized carbons (Fsp3) is 0.455. The first-order valence-corrected chi connectivity index (χ1v) is 10.4. The second-order valence-corrected chi connectivity index (χ2v) is 8.03. The third-order valence-electron chi connectivity index (χ3n) is 5.51. The van der Waals surface area contributed by atoms with Crippen molar-refractivity contribution in [1.29, 1.82) is 0 Å². The molecule has 30 heavy (non-hydrogen) atoms. The van der Waals surface area contributed by atoms with E-state index in [0.29, 0.717) is 47.8 Å². The molecule has 3 rings (SSSR count). The van der Waals surface area contributed by atoms with Gasteiger partial charge < -0.3 is 24.9 Å². The molecule has 2 aromatic rings. The van der Waals surface area contributed by atoms with Crippen LogP contribution >= 0.6 is 11.6 Å². The van der Waals surface area contributed by atoms with Crippen molar-refractivity contribution < 1.29 is 23.8 Å². The third kappa shape index (κ3) is 4.96. The monoisotopic (exact) mass is 434 g/mol. The van der Waals surface area contributed by atoms with Gasteiger partial charge in [0.05, 0.1) is 18.8 Å². The Morgan fingerprint density at radius 1 is 1.17 bits per heavy atom. The van der Waals surface area contributed by atoms with Crippen LogP contribution in [0.25, 0.3) is 0 Å². The summed E-state index contributed by atoms with van der Waals surface area (Å²) in [5.41, 5.74) is 1.11. The summed E-state index contributed by atoms with van der Waals surface area (Å²) in [6.07, 6.45) is 2.43. The zero-order valence-corrected chi connectivity index (χ0v) is 18.1. The largest absolute Gasteiger partial charge is 0.497 e. The first-order valence-electron chi connectivity index (χ1n) is 10.0. The Kier molecular flexibility index (Phi) is 7.05. The van der Waals surface area contributed by atoms with Gasteiger partial charge in [-0.15, -0.1) is 0 Å². The molecule has 7 nitrogen and oxygen atoms in total. The molecule has 1 atom stereocenters. The number of carbonyl (C=O) groups excluding carboxylic acids is 2. The van der Waals surface area contributed by atoms with Crippen molar-refractivity contribution in [3.8, 4) is 5.75 Å². The average Bonchev–Trinajstić information content (AvgIpc) is 3.19. The Hall–Kier alpha value is -2.51. The van der Waals surface area contributed by atoms with E-state index in [-0.39, 0.29) is 29.7 Å². The van der Waals surface area contributed by atoms with Crippen molar-refractivity contribution in [2.24, 2.45) is 0 Å². The van der Waals surface area contributed by atoms with E-state index in [1.54, 1.807) is 19.2 Å². The van der Waals surface area contributed by atoms with E-state index in [0.717, 1.165) is 5.56 Å². The molecule has 0 unspecified atom stereocenters. The first kappa shape index (κ1) is 22.2. The van der Waals surface area contributed by atoms with Gasteiger partial charge in [-0.05, 0) is 49.4 Å². The van der Waals surface area contributed by atoms with Gasteiger partial charge in [-0.2, -0.15) is 0 Å². The molecule has 8 heteroatoms. The Labute approximate surface area is 180 Å². The Bertz CT molecular complexity index is 918. The maximum atomic E-state index is 13.0. The zero-order chi connectivity index (χ0) is 21.8. The lowest BCUT2D eigenvalue weighted by molar-refractivity contribution is 0.0864. The van der Waals surface area contributed by atoms with E-state index in [4.69, 9.17) is 20.8 Å². The first-order chi connectivity index (χ1) is 14.3. The van der Waals surface area contributed by atoms with Gasteiger partial charge in [-0.25, -0.2) is 0 Å². The van der Waals surface area contributed by atoms with Crippen molar-refractivity contribution in [2.75, 3.05) is 14.2 Å². The number of rotatable bonds is 6. The van der Waals surface area contributed by atoms with Gasteiger partial charge in [0.25, 0.3) is 11.8 Å². The minimum atomic E-state index is -0.410. The molecule has 1 aliphatic carbocycles. The Balaban J connectivity index is 1.92. The lowest BCUT2D eigenvalue weighted by Gasteiger charge is -2.26. The number of methoxy groups -OCH3 is 1. The molecule has 0 saturated heterocycles. The van der Waals surface area contributed by atoms with Crippen LogP contribution in [0.4, 0.5) is 0 Å². The number of nitrogens with one attached hydrogen (secondary N) is 2. The van der Waals surface area contributed by atoms with E-state index in [9.17, 15) is 14.7 Å². The molecular weight excluding hydrogens is 408 g/mol. The molecule has 1 aromatic carbocycles. The van der Waals surface area contributed by atoms with Crippen LogP contribution in [0, 0.1) is 0 Å². The van der Waals surface area contributed by atoms with Crippen LogP contribution in [-0.4, -0.2) is 43.2 Å². The van der Waals surface area contributed by atoms with E-state index < -0.39 is 5.91 Å². The molecule has 162 valence electrons. The minimum absolute atomic E-state index is 0.0197. The number of hydrogen-bond donors (Lipinski definition) is 3. The molecule has 1 aliphatic rings. The third-order valence-corrected chi connectivity index (χ3v) is 5.73. The van der Waals surface area contributed by atoms with Gasteiger partial charge in [0.1, 0.15) is 11.5 Å². The van der Waals surface area contributed by atoms with E-state index in [2.05, 4.69) is 10.6 Å². The van der Waals surface area contributed by atoms with Crippen LogP contribution in [-0.2, 0) is 0 Å². The highest BCUT2D eigenvalue weighted by atomic mass is 35.5. The van der Waals surface area contributed by atoms with Crippen molar-refractivity contribution >= 4 is 23.4 Å². The van der Waals surface area contributed by atoms with Crippen LogP contribution in [0.15, 0.2) is 28.7 Å². The number of benzene rings is 1. The Morgan fingerprint density at radius 2 is 1.87 bits per heavy atom. The molecule has 0 bridgehead atoms. The van der Waals surface area contributed by atoms with Gasteiger partial charge in [-0.3, -0.25) is 9.59 Å². The summed E-state index contributed by atoms with van der Waals surface area (Å²) in [6, 6.07) is 6.75. The SMILES string of the molecule is CNC(=O)c1cc(C(=O)NC2CCC(O)CC2)c([C@@H](C)c2cc(Cl)cc(OC)c2)o1. The summed E-state index contributed by atoms with van der Waals surface area (Å²) in [7, 11) is 3.06. The molecule has 0 aliphatic heterocycles. The number of aliphatic hydroxyl groups is 1. The number of amides is 2. The highest BCUT2D eigenvalue weighted by molar-refractivity contribution is 6.30. The van der Waals surface area contributed by atoms with Crippen molar-refractivity contribution in [3.63, 3.8) is 0 Å². The molecule has 1 aromatic heterocycles. The quantitative estimate of drug-likeness (QED) is 0.646. The van der Waals surface area contributed by atoms with Crippen molar-refractivity contribution in [1.82, 2.24) is 10.6 Å². The van der Waals surface area contributed by atoms with Gasteiger partial charge in [0.2, 0.25) is 0 Å². The average molecular weight is 435 g/mol. The van der Waals surface area contributed by atoms with Crippen LogP contribution in [0.5, 0.6) is 5.75 Å². The lowest BCUT2D eigenvalue weighted by Crippen LogP contribution is -2.38. The van der Waals surface area contributed by atoms with Gasteiger partial charge >= 0.3 is 0 Å². The van der Waals surface area contributed by atoms with Crippen LogP contribution in [0.3, 0.4) is 0 Å². The number of hydrogen-bond acceptors (Lipinski definition) is 5. The molecule has 1 heterocycles. The van der Waals surface area contributed by atoms with Gasteiger partial charge in [0, 0.05) is 30.1 Å². The molecule has 1 fully saturated rings. The predicted octanol–water partition coefficient (Wildman–Crippen LogP) is 3.49. The number of ether oxygens (including phenoxy) is 1. The second kappa shape index (κ2) is 9.53. The molecule has 2 amide bonds. The summed E-state index contributed by atoms with van der Waals surface area (Å²) >= 11 is 6.21. The minimum Gasteiger partial charge on any atom is -0.497 e. The summed E-state index contributed by atoms with van der Waals surface area (Å²) in [4.78, 5) is 25.2. The second-order valence-electron chi connectivity index (χ2n) is 7.59. The van der Waals surface area contributed by atoms with E-state index in [1.165, 1.54) is 13.1 Å². The summed E-state index contributed by atoms with van der Waals surface area (Å²) < 4.78 is 11.1. The smallest absolute Gasteiger partial charge is 0.286 e.